The molecule has 3 nitrogen and oxygen atoms in total. The second-order valence-electron chi connectivity index (χ2n) is 6.00. The summed E-state index contributed by atoms with van der Waals surface area (Å²) in [5, 5.41) is 10.3. The number of thiazole rings is 1. The van der Waals surface area contributed by atoms with Crippen molar-refractivity contribution in [3.63, 3.8) is 0 Å². The van der Waals surface area contributed by atoms with Gasteiger partial charge in [-0.2, -0.15) is 0 Å². The largest absolute Gasteiger partial charge is 0.358 e. The topological polar surface area (TPSA) is 37.0 Å². The molecule has 3 aromatic rings. The zero-order valence-electron chi connectivity index (χ0n) is 14.6. The Labute approximate surface area is 158 Å². The van der Waals surface area contributed by atoms with Crippen LogP contribution in [0.15, 0.2) is 47.8 Å². The summed E-state index contributed by atoms with van der Waals surface area (Å²) in [6.45, 7) is 6.91. The molecule has 0 atom stereocenters. The number of benzene rings is 2. The van der Waals surface area contributed by atoms with E-state index in [1.54, 1.807) is 11.3 Å². The Kier molecular flexibility index (Phi) is 5.46. The number of hydrogen-bond acceptors (Lipinski definition) is 3. The Morgan fingerprint density at radius 2 is 1.84 bits per heavy atom. The summed E-state index contributed by atoms with van der Waals surface area (Å²) in [5.41, 5.74) is 6.88. The molecule has 0 saturated heterocycles. The van der Waals surface area contributed by atoms with Gasteiger partial charge in [0.1, 0.15) is 0 Å². The number of nitrogens with one attached hydrogen (secondary N) is 2. The molecular weight excluding hydrogens is 346 g/mol. The van der Waals surface area contributed by atoms with Gasteiger partial charge < -0.3 is 10.6 Å². The lowest BCUT2D eigenvalue weighted by atomic mass is 10.1. The molecule has 0 aliphatic carbocycles. The molecule has 1 heterocycles. The molecule has 25 heavy (non-hydrogen) atoms. The van der Waals surface area contributed by atoms with E-state index in [0.717, 1.165) is 22.0 Å². The first kappa shape index (κ1) is 17.6. The van der Waals surface area contributed by atoms with Crippen molar-refractivity contribution >= 4 is 34.4 Å². The molecule has 0 aliphatic heterocycles. The maximum Gasteiger partial charge on any atom is 0.171 e. The van der Waals surface area contributed by atoms with Gasteiger partial charge >= 0.3 is 0 Å². The SMILES string of the molecule is Cc1nc(-c2ccc(CNC(=S)Nc3cccc(C)c3C)cc2)cs1. The second kappa shape index (κ2) is 7.76. The van der Waals surface area contributed by atoms with E-state index in [4.69, 9.17) is 12.2 Å². The van der Waals surface area contributed by atoms with E-state index in [1.165, 1.54) is 16.7 Å². The van der Waals surface area contributed by atoms with Gasteiger partial charge in [0.15, 0.2) is 5.11 Å². The summed E-state index contributed by atoms with van der Waals surface area (Å²) < 4.78 is 0. The van der Waals surface area contributed by atoms with Gasteiger partial charge in [-0.15, -0.1) is 11.3 Å². The van der Waals surface area contributed by atoms with Crippen LogP contribution in [0, 0.1) is 20.8 Å². The number of hydrogen-bond donors (Lipinski definition) is 2. The highest BCUT2D eigenvalue weighted by molar-refractivity contribution is 7.80. The van der Waals surface area contributed by atoms with E-state index in [-0.39, 0.29) is 0 Å². The number of rotatable bonds is 4. The third kappa shape index (κ3) is 4.44. The van der Waals surface area contributed by atoms with E-state index in [2.05, 4.69) is 65.2 Å². The van der Waals surface area contributed by atoms with Crippen molar-refractivity contribution in [1.82, 2.24) is 10.3 Å². The lowest BCUT2D eigenvalue weighted by Gasteiger charge is -2.14. The number of thiocarbonyl (C=S) groups is 1. The Hall–Kier alpha value is -2.24. The minimum Gasteiger partial charge on any atom is -0.358 e. The number of aryl methyl sites for hydroxylation is 2. The fourth-order valence-corrected chi connectivity index (χ4v) is 3.33. The molecule has 0 saturated carbocycles. The molecule has 128 valence electrons. The maximum atomic E-state index is 5.41. The highest BCUT2D eigenvalue weighted by atomic mass is 32.1. The molecular formula is C20H21N3S2. The van der Waals surface area contributed by atoms with E-state index >= 15 is 0 Å². The summed E-state index contributed by atoms with van der Waals surface area (Å²) in [6.07, 6.45) is 0. The Bertz CT molecular complexity index is 882. The predicted octanol–water partition coefficient (Wildman–Crippen LogP) is 5.22. The van der Waals surface area contributed by atoms with Crippen molar-refractivity contribution < 1.29 is 0 Å². The van der Waals surface area contributed by atoms with Gasteiger partial charge in [-0.05, 0) is 55.7 Å². The molecule has 3 rings (SSSR count). The van der Waals surface area contributed by atoms with Crippen LogP contribution >= 0.6 is 23.6 Å². The fraction of sp³-hybridized carbons (Fsp3) is 0.200. The number of nitrogens with zero attached hydrogens (tertiary/aromatic N) is 1. The first-order valence-corrected chi connectivity index (χ1v) is 9.44. The van der Waals surface area contributed by atoms with Crippen molar-refractivity contribution in [1.29, 1.82) is 0 Å². The molecule has 0 radical (unpaired) electrons. The molecule has 0 unspecified atom stereocenters. The standard InChI is InChI=1S/C20H21N3S2/c1-13-5-4-6-18(14(13)2)23-20(24)21-11-16-7-9-17(10-8-16)19-12-25-15(3)22-19/h4-10,12H,11H2,1-3H3,(H2,21,23,24). The number of anilines is 1. The fourth-order valence-electron chi connectivity index (χ4n) is 2.52. The average molecular weight is 368 g/mol. The summed E-state index contributed by atoms with van der Waals surface area (Å²) in [7, 11) is 0. The molecule has 2 N–H and O–H groups in total. The first-order valence-electron chi connectivity index (χ1n) is 8.15. The molecule has 2 aromatic carbocycles. The minimum absolute atomic E-state index is 0.632. The Morgan fingerprint density at radius 3 is 2.52 bits per heavy atom. The van der Waals surface area contributed by atoms with E-state index in [1.807, 2.05) is 19.1 Å². The van der Waals surface area contributed by atoms with Crippen LogP contribution in [0.1, 0.15) is 21.7 Å². The molecule has 1 aromatic heterocycles. The van der Waals surface area contributed by atoms with Crippen molar-refractivity contribution in [3.8, 4) is 11.3 Å². The summed E-state index contributed by atoms with van der Waals surface area (Å²) >= 11 is 7.08. The van der Waals surface area contributed by atoms with Crippen molar-refractivity contribution in [2.24, 2.45) is 0 Å². The van der Waals surface area contributed by atoms with Crippen LogP contribution in [-0.2, 0) is 6.54 Å². The molecule has 0 bridgehead atoms. The third-order valence-corrected chi connectivity index (χ3v) is 5.19. The van der Waals surface area contributed by atoms with Crippen molar-refractivity contribution in [2.75, 3.05) is 5.32 Å². The maximum absolute atomic E-state index is 5.41. The zero-order valence-corrected chi connectivity index (χ0v) is 16.2. The lowest BCUT2D eigenvalue weighted by Crippen LogP contribution is -2.28. The number of aromatic nitrogens is 1. The van der Waals surface area contributed by atoms with Crippen LogP contribution in [-0.4, -0.2) is 10.1 Å². The van der Waals surface area contributed by atoms with Gasteiger partial charge in [0.05, 0.1) is 10.7 Å². The second-order valence-corrected chi connectivity index (χ2v) is 7.47. The molecule has 0 amide bonds. The highest BCUT2D eigenvalue weighted by Gasteiger charge is 2.04. The van der Waals surface area contributed by atoms with Crippen molar-refractivity contribution in [2.45, 2.75) is 27.3 Å². The lowest BCUT2D eigenvalue weighted by molar-refractivity contribution is 0.926. The van der Waals surface area contributed by atoms with Gasteiger partial charge in [-0.3, -0.25) is 0 Å². The van der Waals surface area contributed by atoms with Crippen LogP contribution in [0.5, 0.6) is 0 Å². The van der Waals surface area contributed by atoms with Crippen molar-refractivity contribution in [3.05, 3.63) is 69.5 Å². The predicted molar refractivity (Wildman–Crippen MR) is 111 cm³/mol. The highest BCUT2D eigenvalue weighted by Crippen LogP contribution is 2.22. The van der Waals surface area contributed by atoms with Gasteiger partial charge in [-0.1, -0.05) is 36.4 Å². The quantitative estimate of drug-likeness (QED) is 0.620. The minimum atomic E-state index is 0.632. The third-order valence-electron chi connectivity index (χ3n) is 4.17. The van der Waals surface area contributed by atoms with Gasteiger partial charge in [0.25, 0.3) is 0 Å². The van der Waals surface area contributed by atoms with Gasteiger partial charge in [0.2, 0.25) is 0 Å². The van der Waals surface area contributed by atoms with Crippen LogP contribution in [0.25, 0.3) is 11.3 Å². The van der Waals surface area contributed by atoms with Gasteiger partial charge in [0, 0.05) is 23.2 Å². The first-order chi connectivity index (χ1) is 12.0. The molecule has 0 aliphatic rings. The average Bonchev–Trinajstić information content (AvgIpc) is 3.04. The Balaban J connectivity index is 1.58. The summed E-state index contributed by atoms with van der Waals surface area (Å²) in [6, 6.07) is 14.6. The van der Waals surface area contributed by atoms with Crippen LogP contribution in [0.2, 0.25) is 0 Å². The van der Waals surface area contributed by atoms with Crippen LogP contribution < -0.4 is 10.6 Å². The van der Waals surface area contributed by atoms with Crippen LogP contribution in [0.4, 0.5) is 5.69 Å². The summed E-state index contributed by atoms with van der Waals surface area (Å²) in [4.78, 5) is 4.52. The summed E-state index contributed by atoms with van der Waals surface area (Å²) in [5.74, 6) is 0. The zero-order chi connectivity index (χ0) is 17.8. The molecule has 0 fully saturated rings. The van der Waals surface area contributed by atoms with E-state index < -0.39 is 0 Å². The van der Waals surface area contributed by atoms with E-state index in [9.17, 15) is 0 Å². The molecule has 0 spiro atoms. The van der Waals surface area contributed by atoms with Gasteiger partial charge in [-0.25, -0.2) is 4.98 Å². The Morgan fingerprint density at radius 1 is 1.08 bits per heavy atom. The normalized spacial score (nSPS) is 10.5. The van der Waals surface area contributed by atoms with Crippen LogP contribution in [0.3, 0.4) is 0 Å². The molecule has 5 heteroatoms. The smallest absolute Gasteiger partial charge is 0.171 e. The monoisotopic (exact) mass is 367 g/mol. The van der Waals surface area contributed by atoms with E-state index in [0.29, 0.717) is 11.7 Å².